The number of H-pyrrole nitrogens is 1. The number of aromatic amines is 1. The molecule has 3 aromatic rings. The minimum absolute atomic E-state index is 0. The van der Waals surface area contributed by atoms with Crippen molar-refractivity contribution in [2.45, 2.75) is 18.6 Å². The summed E-state index contributed by atoms with van der Waals surface area (Å²) < 4.78 is 0. The first-order chi connectivity index (χ1) is 13.2. The summed E-state index contributed by atoms with van der Waals surface area (Å²) in [4.78, 5) is 22.5. The Labute approximate surface area is 176 Å². The van der Waals surface area contributed by atoms with Crippen LogP contribution in [0.15, 0.2) is 54.6 Å². The Morgan fingerprint density at radius 2 is 1.86 bits per heavy atom. The summed E-state index contributed by atoms with van der Waals surface area (Å²) in [6.45, 7) is 3.84. The number of aromatic nitrogens is 2. The molecule has 0 spiro atoms. The predicted octanol–water partition coefficient (Wildman–Crippen LogP) is 3.81. The average molecular weight is 419 g/mol. The van der Waals surface area contributed by atoms with Gasteiger partial charge in [0.1, 0.15) is 5.82 Å². The molecular weight excluding hydrogens is 392 g/mol. The molecule has 1 amide bonds. The van der Waals surface area contributed by atoms with Gasteiger partial charge in [0.2, 0.25) is 5.91 Å². The lowest BCUT2D eigenvalue weighted by Crippen LogP contribution is -2.38. The Bertz CT molecular complexity index is 838. The number of hydrogen-bond acceptors (Lipinski definition) is 4. The number of para-hydroxylation sites is 2. The van der Waals surface area contributed by atoms with Crippen molar-refractivity contribution in [3.05, 3.63) is 66.0 Å². The summed E-state index contributed by atoms with van der Waals surface area (Å²) in [6.07, 6.45) is 0.844. The topological polar surface area (TPSA) is 75.0 Å². The first-order valence-corrected chi connectivity index (χ1v) is 10.3. The number of nitrogens with two attached hydrogens (primary N) is 1. The molecule has 150 valence electrons. The van der Waals surface area contributed by atoms with Gasteiger partial charge < -0.3 is 15.6 Å². The highest BCUT2D eigenvalue weighted by atomic mass is 35.5. The van der Waals surface area contributed by atoms with E-state index in [-0.39, 0.29) is 23.6 Å². The van der Waals surface area contributed by atoms with Crippen molar-refractivity contribution in [2.24, 2.45) is 5.73 Å². The van der Waals surface area contributed by atoms with Crippen LogP contribution in [-0.2, 0) is 11.2 Å². The van der Waals surface area contributed by atoms with Crippen LogP contribution in [0.1, 0.15) is 23.6 Å². The molecule has 0 aliphatic rings. The van der Waals surface area contributed by atoms with Gasteiger partial charge in [-0.25, -0.2) is 4.98 Å². The maximum absolute atomic E-state index is 12.7. The molecule has 0 fully saturated rings. The third-order valence-corrected chi connectivity index (χ3v) is 5.65. The largest absolute Gasteiger partial charge is 0.341 e. The standard InChI is InChI=1S/C21H26N4OS.ClH/c1-16(21-23-18-9-5-6-10-19(18)24-21)27-15-20(26)25(14-12-22)13-11-17-7-3-2-4-8-17;/h2-10,16H,11-15,22H2,1H3,(H,23,24);1H. The third kappa shape index (κ3) is 5.99. The second-order valence-electron chi connectivity index (χ2n) is 6.50. The molecule has 0 bridgehead atoms. The van der Waals surface area contributed by atoms with Crippen LogP contribution in [0.3, 0.4) is 0 Å². The number of nitrogens with one attached hydrogen (secondary N) is 1. The lowest BCUT2D eigenvalue weighted by molar-refractivity contribution is -0.128. The van der Waals surface area contributed by atoms with Crippen LogP contribution in [-0.4, -0.2) is 46.2 Å². The Hall–Kier alpha value is -2.02. The van der Waals surface area contributed by atoms with Crippen LogP contribution in [0.2, 0.25) is 0 Å². The molecule has 0 aliphatic carbocycles. The summed E-state index contributed by atoms with van der Waals surface area (Å²) in [7, 11) is 0. The Morgan fingerprint density at radius 1 is 1.14 bits per heavy atom. The Morgan fingerprint density at radius 3 is 2.57 bits per heavy atom. The van der Waals surface area contributed by atoms with Gasteiger partial charge in [-0.2, -0.15) is 0 Å². The molecule has 1 heterocycles. The van der Waals surface area contributed by atoms with Crippen LogP contribution in [0.25, 0.3) is 11.0 Å². The fraction of sp³-hybridized carbons (Fsp3) is 0.333. The molecule has 0 saturated heterocycles. The molecular formula is C21H27ClN4OS. The molecule has 1 unspecified atom stereocenters. The zero-order valence-electron chi connectivity index (χ0n) is 16.0. The molecule has 0 aliphatic heterocycles. The fourth-order valence-corrected chi connectivity index (χ4v) is 3.80. The molecule has 3 N–H and O–H groups in total. The molecule has 28 heavy (non-hydrogen) atoms. The van der Waals surface area contributed by atoms with Gasteiger partial charge in [0.25, 0.3) is 0 Å². The predicted molar refractivity (Wildman–Crippen MR) is 120 cm³/mol. The van der Waals surface area contributed by atoms with E-state index in [1.807, 2.05) is 47.4 Å². The normalized spacial score (nSPS) is 11.8. The molecule has 7 heteroatoms. The van der Waals surface area contributed by atoms with Crippen molar-refractivity contribution in [1.29, 1.82) is 0 Å². The van der Waals surface area contributed by atoms with Gasteiger partial charge >= 0.3 is 0 Å². The summed E-state index contributed by atoms with van der Waals surface area (Å²) in [6, 6.07) is 18.2. The number of fused-ring (bicyclic) bond motifs is 1. The Balaban J connectivity index is 0.00000280. The van der Waals surface area contributed by atoms with Crippen molar-refractivity contribution in [3.63, 3.8) is 0 Å². The number of hydrogen-bond donors (Lipinski definition) is 2. The van der Waals surface area contributed by atoms with Crippen LogP contribution < -0.4 is 5.73 Å². The van der Waals surface area contributed by atoms with E-state index in [2.05, 4.69) is 29.0 Å². The second-order valence-corrected chi connectivity index (χ2v) is 7.83. The Kier molecular flexibility index (Phi) is 8.83. The van der Waals surface area contributed by atoms with Gasteiger partial charge in [-0.3, -0.25) is 4.79 Å². The van der Waals surface area contributed by atoms with Crippen molar-refractivity contribution in [2.75, 3.05) is 25.4 Å². The van der Waals surface area contributed by atoms with E-state index in [1.165, 1.54) is 5.56 Å². The summed E-state index contributed by atoms with van der Waals surface area (Å²) >= 11 is 1.60. The number of halogens is 1. The van der Waals surface area contributed by atoms with Crippen molar-refractivity contribution >= 4 is 41.1 Å². The minimum atomic E-state index is 0. The quantitative estimate of drug-likeness (QED) is 0.554. The highest BCUT2D eigenvalue weighted by Crippen LogP contribution is 2.27. The van der Waals surface area contributed by atoms with E-state index in [9.17, 15) is 4.79 Å². The maximum atomic E-state index is 12.7. The second kappa shape index (κ2) is 11.1. The number of benzene rings is 2. The van der Waals surface area contributed by atoms with Crippen molar-refractivity contribution in [3.8, 4) is 0 Å². The smallest absolute Gasteiger partial charge is 0.232 e. The third-order valence-electron chi connectivity index (χ3n) is 4.51. The number of carbonyl (C=O) groups is 1. The van der Waals surface area contributed by atoms with Gasteiger partial charge in [-0.15, -0.1) is 24.2 Å². The summed E-state index contributed by atoms with van der Waals surface area (Å²) in [5, 5.41) is 0.121. The van der Waals surface area contributed by atoms with Gasteiger partial charge in [-0.1, -0.05) is 42.5 Å². The fourth-order valence-electron chi connectivity index (χ4n) is 2.96. The highest BCUT2D eigenvalue weighted by Gasteiger charge is 2.17. The van der Waals surface area contributed by atoms with Crippen molar-refractivity contribution in [1.82, 2.24) is 14.9 Å². The molecule has 0 saturated carbocycles. The van der Waals surface area contributed by atoms with E-state index >= 15 is 0 Å². The van der Waals surface area contributed by atoms with Crippen LogP contribution in [0, 0.1) is 0 Å². The molecule has 1 aromatic heterocycles. The van der Waals surface area contributed by atoms with E-state index in [0.29, 0.717) is 25.4 Å². The van der Waals surface area contributed by atoms with E-state index in [0.717, 1.165) is 23.3 Å². The molecule has 2 aromatic carbocycles. The SMILES string of the molecule is CC(SCC(=O)N(CCN)CCc1ccccc1)c1nc2ccccc2[nH]1.Cl. The molecule has 3 rings (SSSR count). The minimum Gasteiger partial charge on any atom is -0.341 e. The van der Waals surface area contributed by atoms with Gasteiger partial charge in [-0.05, 0) is 31.0 Å². The molecule has 5 nitrogen and oxygen atoms in total. The molecule has 1 atom stereocenters. The number of rotatable bonds is 9. The average Bonchev–Trinajstić information content (AvgIpc) is 3.14. The zero-order chi connectivity index (χ0) is 19.1. The van der Waals surface area contributed by atoms with Crippen molar-refractivity contribution < 1.29 is 4.79 Å². The van der Waals surface area contributed by atoms with E-state index in [1.54, 1.807) is 11.8 Å². The van der Waals surface area contributed by atoms with Gasteiger partial charge in [0, 0.05) is 19.6 Å². The number of carbonyl (C=O) groups excluding carboxylic acids is 1. The van der Waals surface area contributed by atoms with Crippen LogP contribution >= 0.6 is 24.2 Å². The summed E-state index contributed by atoms with van der Waals surface area (Å²) in [5.41, 5.74) is 8.93. The number of imidazole rings is 1. The summed E-state index contributed by atoms with van der Waals surface area (Å²) in [5.74, 6) is 1.46. The van der Waals surface area contributed by atoms with Gasteiger partial charge in [0.15, 0.2) is 0 Å². The molecule has 0 radical (unpaired) electrons. The lowest BCUT2D eigenvalue weighted by Gasteiger charge is -2.22. The van der Waals surface area contributed by atoms with Crippen LogP contribution in [0.5, 0.6) is 0 Å². The lowest BCUT2D eigenvalue weighted by atomic mass is 10.1. The van der Waals surface area contributed by atoms with E-state index in [4.69, 9.17) is 5.73 Å². The number of nitrogens with zero attached hydrogens (tertiary/aromatic N) is 2. The first kappa shape index (κ1) is 22.3. The number of amides is 1. The van der Waals surface area contributed by atoms with Gasteiger partial charge in [0.05, 0.1) is 22.0 Å². The number of thioether (sulfide) groups is 1. The zero-order valence-corrected chi connectivity index (χ0v) is 17.6. The first-order valence-electron chi connectivity index (χ1n) is 9.25. The van der Waals surface area contributed by atoms with Crippen LogP contribution in [0.4, 0.5) is 0 Å². The maximum Gasteiger partial charge on any atom is 0.232 e. The van der Waals surface area contributed by atoms with E-state index < -0.39 is 0 Å². The highest BCUT2D eigenvalue weighted by molar-refractivity contribution is 8.00. The monoisotopic (exact) mass is 418 g/mol.